The summed E-state index contributed by atoms with van der Waals surface area (Å²) in [5, 5.41) is 0. The van der Waals surface area contributed by atoms with E-state index in [4.69, 9.17) is 10.5 Å². The van der Waals surface area contributed by atoms with Crippen molar-refractivity contribution in [2.24, 2.45) is 0 Å². The molecule has 0 atom stereocenters. The molecule has 112 valence electrons. The van der Waals surface area contributed by atoms with Crippen LogP contribution in [0.15, 0.2) is 39.7 Å². The first-order valence-electron chi connectivity index (χ1n) is 6.11. The van der Waals surface area contributed by atoms with E-state index in [9.17, 15) is 8.42 Å². The van der Waals surface area contributed by atoms with E-state index in [-0.39, 0.29) is 16.3 Å². The third-order valence-corrected chi connectivity index (χ3v) is 5.07. The zero-order chi connectivity index (χ0) is 15.6. The SMILES string of the molecule is COc1cc(C)nc(CS(=O)(=O)c2ccc(Br)cc2N)c1. The number of pyridine rings is 1. The van der Waals surface area contributed by atoms with Gasteiger partial charge in [-0.25, -0.2) is 8.42 Å². The minimum Gasteiger partial charge on any atom is -0.497 e. The standard InChI is InChI=1S/C14H15BrN2O3S/c1-9-5-12(20-2)7-11(17-9)8-21(18,19)14-4-3-10(15)6-13(14)16/h3-7H,8,16H2,1-2H3. The summed E-state index contributed by atoms with van der Waals surface area (Å²) in [5.41, 5.74) is 7.13. The number of methoxy groups -OCH3 is 1. The van der Waals surface area contributed by atoms with Gasteiger partial charge >= 0.3 is 0 Å². The second-order valence-electron chi connectivity index (χ2n) is 4.58. The van der Waals surface area contributed by atoms with E-state index in [2.05, 4.69) is 20.9 Å². The number of anilines is 1. The molecule has 0 aliphatic rings. The highest BCUT2D eigenvalue weighted by atomic mass is 79.9. The number of sulfone groups is 1. The van der Waals surface area contributed by atoms with Gasteiger partial charge in [0.15, 0.2) is 9.84 Å². The number of hydrogen-bond donors (Lipinski definition) is 1. The molecular weight excluding hydrogens is 356 g/mol. The molecule has 0 saturated heterocycles. The summed E-state index contributed by atoms with van der Waals surface area (Å²) in [5.74, 6) is 0.355. The Morgan fingerprint density at radius 1 is 1.29 bits per heavy atom. The van der Waals surface area contributed by atoms with Crippen molar-refractivity contribution in [2.45, 2.75) is 17.6 Å². The number of aryl methyl sites for hydroxylation is 1. The lowest BCUT2D eigenvalue weighted by atomic mass is 10.3. The van der Waals surface area contributed by atoms with E-state index in [0.29, 0.717) is 17.1 Å². The summed E-state index contributed by atoms with van der Waals surface area (Å²) in [4.78, 5) is 4.34. The van der Waals surface area contributed by atoms with E-state index in [1.807, 2.05) is 0 Å². The Labute approximate surface area is 132 Å². The van der Waals surface area contributed by atoms with Gasteiger partial charge in [-0.1, -0.05) is 15.9 Å². The Bertz CT molecular complexity index is 776. The van der Waals surface area contributed by atoms with Gasteiger partial charge in [-0.2, -0.15) is 0 Å². The van der Waals surface area contributed by atoms with Crippen LogP contribution in [-0.2, 0) is 15.6 Å². The smallest absolute Gasteiger partial charge is 0.186 e. The maximum Gasteiger partial charge on any atom is 0.186 e. The van der Waals surface area contributed by atoms with Crippen LogP contribution in [0.5, 0.6) is 5.75 Å². The number of rotatable bonds is 4. The average Bonchev–Trinajstić information content (AvgIpc) is 2.36. The normalized spacial score (nSPS) is 11.4. The van der Waals surface area contributed by atoms with Crippen LogP contribution in [-0.4, -0.2) is 20.5 Å². The van der Waals surface area contributed by atoms with Crippen LogP contribution in [0.25, 0.3) is 0 Å². The zero-order valence-electron chi connectivity index (χ0n) is 11.6. The van der Waals surface area contributed by atoms with Crippen molar-refractivity contribution in [1.82, 2.24) is 4.98 Å². The van der Waals surface area contributed by atoms with Crippen molar-refractivity contribution < 1.29 is 13.2 Å². The Morgan fingerprint density at radius 2 is 2.00 bits per heavy atom. The van der Waals surface area contributed by atoms with E-state index < -0.39 is 9.84 Å². The molecule has 7 heteroatoms. The predicted octanol–water partition coefficient (Wildman–Crippen LogP) is 2.72. The van der Waals surface area contributed by atoms with Gasteiger partial charge in [-0.15, -0.1) is 0 Å². The van der Waals surface area contributed by atoms with Crippen LogP contribution in [0.4, 0.5) is 5.69 Å². The number of aromatic nitrogens is 1. The number of hydrogen-bond acceptors (Lipinski definition) is 5. The second-order valence-corrected chi connectivity index (χ2v) is 7.45. The van der Waals surface area contributed by atoms with Gasteiger partial charge in [-0.05, 0) is 25.1 Å². The summed E-state index contributed by atoms with van der Waals surface area (Å²) < 4.78 is 30.8. The van der Waals surface area contributed by atoms with E-state index in [1.54, 1.807) is 31.2 Å². The molecule has 1 aromatic carbocycles. The summed E-state index contributed by atoms with van der Waals surface area (Å²) in [7, 11) is -2.04. The van der Waals surface area contributed by atoms with E-state index in [1.165, 1.54) is 13.2 Å². The lowest BCUT2D eigenvalue weighted by Gasteiger charge is -2.09. The summed E-state index contributed by atoms with van der Waals surface area (Å²) in [6.45, 7) is 1.78. The molecule has 2 N–H and O–H groups in total. The Hall–Kier alpha value is -1.60. The van der Waals surface area contributed by atoms with Crippen molar-refractivity contribution in [3.63, 3.8) is 0 Å². The minimum absolute atomic E-state index is 0.105. The van der Waals surface area contributed by atoms with Crippen LogP contribution in [0.1, 0.15) is 11.4 Å². The fourth-order valence-electron chi connectivity index (χ4n) is 1.97. The molecule has 2 aromatic rings. The minimum atomic E-state index is -3.57. The fourth-order valence-corrected chi connectivity index (χ4v) is 3.73. The first kappa shape index (κ1) is 15.8. The summed E-state index contributed by atoms with van der Waals surface area (Å²) in [6.07, 6.45) is 0. The molecule has 1 aromatic heterocycles. The zero-order valence-corrected chi connectivity index (χ0v) is 14.0. The summed E-state index contributed by atoms with van der Waals surface area (Å²) in [6, 6.07) is 8.05. The quantitative estimate of drug-likeness (QED) is 0.836. The number of ether oxygens (including phenoxy) is 1. The molecule has 0 radical (unpaired) electrons. The molecule has 0 unspecified atom stereocenters. The number of nitrogens with two attached hydrogens (primary N) is 1. The van der Waals surface area contributed by atoms with Crippen LogP contribution >= 0.6 is 15.9 Å². The second kappa shape index (κ2) is 6.03. The molecule has 1 heterocycles. The van der Waals surface area contributed by atoms with Crippen molar-refractivity contribution in [3.05, 3.63) is 46.2 Å². The van der Waals surface area contributed by atoms with Gasteiger partial charge in [0, 0.05) is 22.3 Å². The largest absolute Gasteiger partial charge is 0.497 e. The Balaban J connectivity index is 2.39. The van der Waals surface area contributed by atoms with Crippen molar-refractivity contribution in [2.75, 3.05) is 12.8 Å². The number of halogens is 1. The third-order valence-electron chi connectivity index (χ3n) is 2.86. The number of benzene rings is 1. The molecule has 0 bridgehead atoms. The molecule has 2 rings (SSSR count). The molecule has 21 heavy (non-hydrogen) atoms. The Kier molecular flexibility index (Phi) is 4.53. The van der Waals surface area contributed by atoms with Crippen molar-refractivity contribution in [3.8, 4) is 5.75 Å². The molecule has 0 amide bonds. The van der Waals surface area contributed by atoms with Gasteiger partial charge in [0.1, 0.15) is 5.75 Å². The maximum atomic E-state index is 12.5. The molecule has 0 aliphatic heterocycles. The molecule has 0 aliphatic carbocycles. The molecule has 0 saturated carbocycles. The molecule has 5 nitrogen and oxygen atoms in total. The van der Waals surface area contributed by atoms with Gasteiger partial charge in [-0.3, -0.25) is 4.98 Å². The van der Waals surface area contributed by atoms with Crippen molar-refractivity contribution in [1.29, 1.82) is 0 Å². The molecular formula is C14H15BrN2O3S. The number of nitrogens with zero attached hydrogens (tertiary/aromatic N) is 1. The van der Waals surface area contributed by atoms with Gasteiger partial charge < -0.3 is 10.5 Å². The highest BCUT2D eigenvalue weighted by molar-refractivity contribution is 9.10. The van der Waals surface area contributed by atoms with Crippen LogP contribution in [0.3, 0.4) is 0 Å². The van der Waals surface area contributed by atoms with Crippen molar-refractivity contribution >= 4 is 31.5 Å². The monoisotopic (exact) mass is 370 g/mol. The van der Waals surface area contributed by atoms with Gasteiger partial charge in [0.2, 0.25) is 0 Å². The Morgan fingerprint density at radius 3 is 2.62 bits per heavy atom. The van der Waals surface area contributed by atoms with E-state index >= 15 is 0 Å². The molecule has 0 spiro atoms. The van der Waals surface area contributed by atoms with Crippen LogP contribution in [0, 0.1) is 6.92 Å². The lowest BCUT2D eigenvalue weighted by molar-refractivity contribution is 0.413. The lowest BCUT2D eigenvalue weighted by Crippen LogP contribution is -2.09. The van der Waals surface area contributed by atoms with Gasteiger partial charge in [0.05, 0.1) is 29.1 Å². The van der Waals surface area contributed by atoms with E-state index in [0.717, 1.165) is 4.47 Å². The number of nitrogen functional groups attached to an aromatic ring is 1. The highest BCUT2D eigenvalue weighted by Gasteiger charge is 2.20. The van der Waals surface area contributed by atoms with Crippen LogP contribution in [0.2, 0.25) is 0 Å². The summed E-state index contributed by atoms with van der Waals surface area (Å²) >= 11 is 3.25. The van der Waals surface area contributed by atoms with Gasteiger partial charge in [0.25, 0.3) is 0 Å². The highest BCUT2D eigenvalue weighted by Crippen LogP contribution is 2.26. The fraction of sp³-hybridized carbons (Fsp3) is 0.214. The third kappa shape index (κ3) is 3.74. The molecule has 0 fully saturated rings. The average molecular weight is 371 g/mol. The maximum absolute atomic E-state index is 12.5. The predicted molar refractivity (Wildman–Crippen MR) is 85.0 cm³/mol. The topological polar surface area (TPSA) is 82.3 Å². The first-order valence-corrected chi connectivity index (χ1v) is 8.55. The first-order chi connectivity index (χ1) is 9.81. The van der Waals surface area contributed by atoms with Crippen LogP contribution < -0.4 is 10.5 Å².